The lowest BCUT2D eigenvalue weighted by Gasteiger charge is -2.26. The molecule has 1 amide bonds. The van der Waals surface area contributed by atoms with Gasteiger partial charge in [0.05, 0.1) is 4.53 Å². The third-order valence-electron chi connectivity index (χ3n) is 11.8. The van der Waals surface area contributed by atoms with E-state index in [9.17, 15) is 14.8 Å². The quantitative estimate of drug-likeness (QED) is 0.0406. The highest BCUT2D eigenvalue weighted by molar-refractivity contribution is 8.30. The third kappa shape index (κ3) is 10.2. The van der Waals surface area contributed by atoms with E-state index in [1.165, 1.54) is 16.0 Å². The van der Waals surface area contributed by atoms with Gasteiger partial charge >= 0.3 is 0 Å². The van der Waals surface area contributed by atoms with E-state index in [0.29, 0.717) is 15.4 Å². The number of aromatic nitrogens is 1. The second-order valence-electron chi connectivity index (χ2n) is 16.5. The zero-order valence-electron chi connectivity index (χ0n) is 38.2. The standard InChI is InChI=1S/C59H47N3O4S3/c1-5-60-57(64)55(69-59(60)67)58-61(41(4)66-65)56(63)54(68-58)38-44-24-34-51(35-25-44)62(49-30-20-42(21-31-49)36-52(45-12-8-6-9-13-45)47-26-16-39(2)17-27-47)50-32-22-43(23-33-50)37-53(46-14-10-7-11-15-46)48-28-18-40(3)19-29-48/h6-38,65H,4-5H2,1-3H3/b52-36+,53-37+,54-38?,58-55+. The van der Waals surface area contributed by atoms with Crippen LogP contribution in [0, 0.1) is 13.8 Å². The summed E-state index contributed by atoms with van der Waals surface area (Å²) in [6, 6.07) is 63.3. The predicted octanol–water partition coefficient (Wildman–Crippen LogP) is 12.9. The molecule has 340 valence electrons. The van der Waals surface area contributed by atoms with Crippen molar-refractivity contribution in [1.29, 1.82) is 0 Å². The van der Waals surface area contributed by atoms with E-state index in [4.69, 9.17) is 12.2 Å². The molecule has 0 aliphatic carbocycles. The summed E-state index contributed by atoms with van der Waals surface area (Å²) in [6.45, 7) is 10.1. The van der Waals surface area contributed by atoms with Crippen molar-refractivity contribution >= 4 is 103 Å². The molecule has 10 heteroatoms. The van der Waals surface area contributed by atoms with Gasteiger partial charge in [0.2, 0.25) is 5.88 Å². The smallest absolute Gasteiger partial charge is 0.276 e. The largest absolute Gasteiger partial charge is 0.322 e. The zero-order valence-corrected chi connectivity index (χ0v) is 40.7. The van der Waals surface area contributed by atoms with Crippen LogP contribution in [0.3, 0.4) is 0 Å². The minimum Gasteiger partial charge on any atom is -0.322 e. The number of hydrogen-bond donors (Lipinski definition) is 1. The van der Waals surface area contributed by atoms with Gasteiger partial charge in [0, 0.05) is 23.6 Å². The molecule has 1 aliphatic rings. The Morgan fingerprint density at radius 1 is 0.623 bits per heavy atom. The molecule has 1 aliphatic heterocycles. The van der Waals surface area contributed by atoms with Crippen molar-refractivity contribution in [3.8, 4) is 0 Å². The van der Waals surface area contributed by atoms with E-state index in [0.717, 1.165) is 94.8 Å². The maximum atomic E-state index is 13.9. The van der Waals surface area contributed by atoms with Gasteiger partial charge in [-0.15, -0.1) is 11.3 Å². The van der Waals surface area contributed by atoms with Crippen molar-refractivity contribution in [2.75, 3.05) is 11.4 Å². The van der Waals surface area contributed by atoms with E-state index in [-0.39, 0.29) is 21.4 Å². The molecular formula is C59H47N3O4S3. The van der Waals surface area contributed by atoms with Crippen molar-refractivity contribution in [2.45, 2.75) is 20.8 Å². The molecule has 0 radical (unpaired) electrons. The van der Waals surface area contributed by atoms with Gasteiger partial charge in [-0.05, 0) is 132 Å². The minimum absolute atomic E-state index is 0.272. The normalized spacial score (nSPS) is 14.1. The minimum atomic E-state index is -0.486. The van der Waals surface area contributed by atoms with E-state index in [1.54, 1.807) is 6.08 Å². The fraction of sp³-hybridized carbons (Fsp3) is 0.0678. The summed E-state index contributed by atoms with van der Waals surface area (Å²) in [7, 11) is 0. The monoisotopic (exact) mass is 957 g/mol. The summed E-state index contributed by atoms with van der Waals surface area (Å²) >= 11 is 7.66. The lowest BCUT2D eigenvalue weighted by atomic mass is 9.95. The second-order valence-corrected chi connectivity index (χ2v) is 19.2. The zero-order chi connectivity index (χ0) is 48.0. The molecular weight excluding hydrogens is 911 g/mol. The van der Waals surface area contributed by atoms with Crippen LogP contribution >= 0.6 is 35.3 Å². The first-order chi connectivity index (χ1) is 33.6. The number of hydrogen-bond acceptors (Lipinski definition) is 8. The van der Waals surface area contributed by atoms with Crippen LogP contribution < -0.4 is 19.7 Å². The van der Waals surface area contributed by atoms with Crippen LogP contribution in [0.1, 0.15) is 57.0 Å². The summed E-state index contributed by atoms with van der Waals surface area (Å²) < 4.78 is 2.10. The van der Waals surface area contributed by atoms with Crippen LogP contribution in [0.15, 0.2) is 193 Å². The molecule has 1 aromatic heterocycles. The van der Waals surface area contributed by atoms with Gasteiger partial charge in [0.1, 0.15) is 13.9 Å². The summed E-state index contributed by atoms with van der Waals surface area (Å²) in [5.74, 6) is -0.636. The molecule has 7 aromatic carbocycles. The molecule has 0 spiro atoms. The Balaban J connectivity index is 1.12. The first kappa shape index (κ1) is 46.5. The molecule has 1 fully saturated rings. The lowest BCUT2D eigenvalue weighted by Crippen LogP contribution is -2.33. The molecule has 7 nitrogen and oxygen atoms in total. The molecule has 69 heavy (non-hydrogen) atoms. The molecule has 0 saturated carbocycles. The van der Waals surface area contributed by atoms with Gasteiger partial charge in [-0.25, -0.2) is 9.82 Å². The van der Waals surface area contributed by atoms with Crippen LogP contribution in [-0.2, 0) is 9.68 Å². The number of amides is 1. The second kappa shape index (κ2) is 20.7. The number of carbonyl (C=O) groups excluding carboxylic acids is 1. The Labute approximate surface area is 415 Å². The fourth-order valence-electron chi connectivity index (χ4n) is 8.16. The van der Waals surface area contributed by atoms with Crippen LogP contribution in [-0.4, -0.2) is 31.5 Å². The topological polar surface area (TPSA) is 75.0 Å². The predicted molar refractivity (Wildman–Crippen MR) is 292 cm³/mol. The molecule has 0 bridgehead atoms. The number of thiazole rings is 1. The van der Waals surface area contributed by atoms with Crippen LogP contribution in [0.2, 0.25) is 0 Å². The average molecular weight is 958 g/mol. The molecule has 2 heterocycles. The number of rotatable bonds is 13. The number of benzene rings is 7. The highest BCUT2D eigenvalue weighted by Crippen LogP contribution is 2.37. The van der Waals surface area contributed by atoms with Crippen molar-refractivity contribution in [3.63, 3.8) is 0 Å². The molecule has 1 saturated heterocycles. The van der Waals surface area contributed by atoms with Gasteiger partial charge in [-0.1, -0.05) is 181 Å². The highest BCUT2D eigenvalue weighted by atomic mass is 32.2. The first-order valence-electron chi connectivity index (χ1n) is 22.4. The number of thioether (sulfide) groups is 1. The third-order valence-corrected chi connectivity index (χ3v) is 14.5. The summed E-state index contributed by atoms with van der Waals surface area (Å²) in [6.07, 6.45) is 6.22. The van der Waals surface area contributed by atoms with Crippen molar-refractivity contribution in [1.82, 2.24) is 9.47 Å². The van der Waals surface area contributed by atoms with Gasteiger partial charge in [-0.2, -0.15) is 0 Å². The Morgan fingerprint density at radius 3 is 1.45 bits per heavy atom. The SMILES string of the molecule is C=C(OO)n1c(=O)c(=Cc2ccc(N(c3ccc(/C=C(\c4ccccc4)c4ccc(C)cc4)cc3)c3ccc(/C=C(\c4ccccc4)c4ccc(C)cc4)cc3)cc2)s/c1=C1/SC(=S)N(CC)C1=O. The molecule has 0 atom stereocenters. The van der Waals surface area contributed by atoms with Crippen LogP contribution in [0.4, 0.5) is 17.1 Å². The van der Waals surface area contributed by atoms with E-state index in [1.807, 2.05) is 43.3 Å². The number of anilines is 3. The van der Waals surface area contributed by atoms with E-state index < -0.39 is 5.56 Å². The van der Waals surface area contributed by atoms with Crippen LogP contribution in [0.25, 0.3) is 40.2 Å². The van der Waals surface area contributed by atoms with Gasteiger partial charge in [0.15, 0.2) is 0 Å². The highest BCUT2D eigenvalue weighted by Gasteiger charge is 2.33. The number of thiocarbonyl (C=S) groups is 1. The Morgan fingerprint density at radius 2 is 1.04 bits per heavy atom. The Kier molecular flexibility index (Phi) is 14.0. The van der Waals surface area contributed by atoms with Gasteiger partial charge < -0.3 is 9.79 Å². The molecule has 1 N–H and O–H groups in total. The number of carbonyl (C=O) groups is 1. The number of nitrogens with zero attached hydrogens (tertiary/aromatic N) is 3. The van der Waals surface area contributed by atoms with Crippen LogP contribution in [0.5, 0.6) is 0 Å². The van der Waals surface area contributed by atoms with Crippen molar-refractivity contribution in [3.05, 3.63) is 258 Å². The van der Waals surface area contributed by atoms with Gasteiger partial charge in [-0.3, -0.25) is 14.5 Å². The van der Waals surface area contributed by atoms with Crippen molar-refractivity contribution in [2.24, 2.45) is 0 Å². The molecule has 0 unspecified atom stereocenters. The first-order valence-corrected chi connectivity index (χ1v) is 24.4. The summed E-state index contributed by atoms with van der Waals surface area (Å²) in [5, 5.41) is 9.57. The summed E-state index contributed by atoms with van der Waals surface area (Å²) in [5.41, 5.74) is 14.4. The maximum absolute atomic E-state index is 13.9. The molecule has 8 aromatic rings. The average Bonchev–Trinajstić information content (AvgIpc) is 3.86. The van der Waals surface area contributed by atoms with Crippen molar-refractivity contribution < 1.29 is 14.9 Å². The summed E-state index contributed by atoms with van der Waals surface area (Å²) in [4.78, 5) is 35.6. The van der Waals surface area contributed by atoms with Gasteiger partial charge in [0.25, 0.3) is 11.5 Å². The Bertz CT molecular complexity index is 3290. The molecule has 9 rings (SSSR count). The number of aryl methyl sites for hydroxylation is 2. The maximum Gasteiger partial charge on any atom is 0.276 e. The Hall–Kier alpha value is -7.60. The van der Waals surface area contributed by atoms with E-state index >= 15 is 0 Å². The van der Waals surface area contributed by atoms with E-state index in [2.05, 4.69) is 188 Å². The lowest BCUT2D eigenvalue weighted by molar-refractivity contribution is -0.176. The fourth-order valence-corrected chi connectivity index (χ4v) is 10.8.